The molecule has 84 valence electrons. The molecule has 0 saturated carbocycles. The molecule has 0 spiro atoms. The van der Waals surface area contributed by atoms with Gasteiger partial charge >= 0.3 is 0 Å². The maximum absolute atomic E-state index is 2.41. The van der Waals surface area contributed by atoms with E-state index in [1.165, 1.54) is 29.5 Å². The van der Waals surface area contributed by atoms with E-state index in [1.54, 1.807) is 0 Å². The Hall–Kier alpha value is -0.780. The van der Waals surface area contributed by atoms with E-state index in [1.807, 2.05) is 0 Å². The zero-order chi connectivity index (χ0) is 11.4. The van der Waals surface area contributed by atoms with Crippen LogP contribution in [0.2, 0.25) is 0 Å². The lowest BCUT2D eigenvalue weighted by Gasteiger charge is -2.17. The second-order valence-corrected chi connectivity index (χ2v) is 4.73. The number of hydrogen-bond donors (Lipinski definition) is 0. The summed E-state index contributed by atoms with van der Waals surface area (Å²) in [4.78, 5) is 0. The molecule has 0 saturated heterocycles. The van der Waals surface area contributed by atoms with Crippen molar-refractivity contribution >= 4 is 0 Å². The van der Waals surface area contributed by atoms with Gasteiger partial charge in [0.05, 0.1) is 0 Å². The first-order valence-corrected chi connectivity index (χ1v) is 6.20. The SMILES string of the molecule is CCC(C)c1ccc(C)c(C(C)CC)c1. The van der Waals surface area contributed by atoms with E-state index in [-0.39, 0.29) is 0 Å². The average molecular weight is 204 g/mol. The molecule has 0 N–H and O–H groups in total. The third-order valence-electron chi connectivity index (χ3n) is 3.63. The van der Waals surface area contributed by atoms with Crippen molar-refractivity contribution in [1.29, 1.82) is 0 Å². The highest BCUT2D eigenvalue weighted by molar-refractivity contribution is 5.35. The van der Waals surface area contributed by atoms with Gasteiger partial charge in [-0.1, -0.05) is 45.9 Å². The molecule has 2 atom stereocenters. The van der Waals surface area contributed by atoms with Crippen LogP contribution in [-0.4, -0.2) is 0 Å². The van der Waals surface area contributed by atoms with Crippen molar-refractivity contribution in [1.82, 2.24) is 0 Å². The minimum atomic E-state index is 0.688. The van der Waals surface area contributed by atoms with E-state index >= 15 is 0 Å². The van der Waals surface area contributed by atoms with Gasteiger partial charge < -0.3 is 0 Å². The second-order valence-electron chi connectivity index (χ2n) is 4.73. The average Bonchev–Trinajstić information content (AvgIpc) is 2.27. The normalized spacial score (nSPS) is 15.0. The lowest BCUT2D eigenvalue weighted by molar-refractivity contribution is 0.707. The molecular formula is C15H24. The molecule has 0 heterocycles. The second kappa shape index (κ2) is 5.34. The summed E-state index contributed by atoms with van der Waals surface area (Å²) in [6.45, 7) is 11.4. The van der Waals surface area contributed by atoms with Crippen LogP contribution in [-0.2, 0) is 0 Å². The molecule has 0 amide bonds. The Morgan fingerprint density at radius 3 is 2.13 bits per heavy atom. The fourth-order valence-corrected chi connectivity index (χ4v) is 1.95. The fraction of sp³-hybridized carbons (Fsp3) is 0.600. The molecule has 0 nitrogen and oxygen atoms in total. The largest absolute Gasteiger partial charge is 0.0648 e. The molecule has 2 unspecified atom stereocenters. The van der Waals surface area contributed by atoms with E-state index in [2.05, 4.69) is 52.8 Å². The van der Waals surface area contributed by atoms with Crippen molar-refractivity contribution in [3.63, 3.8) is 0 Å². The molecule has 0 heteroatoms. The smallest absolute Gasteiger partial charge is 0.0190 e. The third-order valence-corrected chi connectivity index (χ3v) is 3.63. The van der Waals surface area contributed by atoms with E-state index in [9.17, 15) is 0 Å². The van der Waals surface area contributed by atoms with Crippen LogP contribution in [0.5, 0.6) is 0 Å². The lowest BCUT2D eigenvalue weighted by atomic mass is 9.89. The molecular weight excluding hydrogens is 180 g/mol. The van der Waals surface area contributed by atoms with E-state index in [4.69, 9.17) is 0 Å². The van der Waals surface area contributed by atoms with Crippen LogP contribution < -0.4 is 0 Å². The minimum Gasteiger partial charge on any atom is -0.0648 e. The lowest BCUT2D eigenvalue weighted by Crippen LogP contribution is -1.99. The summed E-state index contributed by atoms with van der Waals surface area (Å²) >= 11 is 0. The number of aryl methyl sites for hydroxylation is 1. The van der Waals surface area contributed by atoms with Crippen molar-refractivity contribution in [2.45, 2.75) is 59.3 Å². The summed E-state index contributed by atoms with van der Waals surface area (Å²) in [7, 11) is 0. The van der Waals surface area contributed by atoms with Crippen molar-refractivity contribution in [2.75, 3.05) is 0 Å². The summed E-state index contributed by atoms with van der Waals surface area (Å²) in [5.74, 6) is 1.38. The Morgan fingerprint density at radius 2 is 1.60 bits per heavy atom. The van der Waals surface area contributed by atoms with Gasteiger partial charge in [0, 0.05) is 0 Å². The molecule has 15 heavy (non-hydrogen) atoms. The molecule has 0 aliphatic heterocycles. The predicted molar refractivity (Wildman–Crippen MR) is 68.6 cm³/mol. The van der Waals surface area contributed by atoms with E-state index in [0.717, 1.165) is 0 Å². The summed E-state index contributed by atoms with van der Waals surface area (Å²) in [6.07, 6.45) is 2.45. The first-order valence-electron chi connectivity index (χ1n) is 6.20. The van der Waals surface area contributed by atoms with Crippen molar-refractivity contribution < 1.29 is 0 Å². The van der Waals surface area contributed by atoms with Crippen molar-refractivity contribution in [3.05, 3.63) is 34.9 Å². The van der Waals surface area contributed by atoms with Gasteiger partial charge in [-0.3, -0.25) is 0 Å². The standard InChI is InChI=1S/C15H24/c1-6-11(3)14-9-8-13(5)15(10-14)12(4)7-2/h8-12H,6-7H2,1-5H3. The Morgan fingerprint density at radius 1 is 1.00 bits per heavy atom. The topological polar surface area (TPSA) is 0 Å². The van der Waals surface area contributed by atoms with E-state index in [0.29, 0.717) is 11.8 Å². The maximum Gasteiger partial charge on any atom is -0.0190 e. The van der Waals surface area contributed by atoms with Crippen LogP contribution in [0.25, 0.3) is 0 Å². The zero-order valence-corrected chi connectivity index (χ0v) is 10.8. The van der Waals surface area contributed by atoms with Gasteiger partial charge in [0.25, 0.3) is 0 Å². The molecule has 0 radical (unpaired) electrons. The Labute approximate surface area is 94.7 Å². The van der Waals surface area contributed by atoms with E-state index < -0.39 is 0 Å². The Balaban J connectivity index is 3.05. The molecule has 0 aliphatic rings. The molecule has 1 rings (SSSR count). The number of benzene rings is 1. The monoisotopic (exact) mass is 204 g/mol. The highest BCUT2D eigenvalue weighted by atomic mass is 14.1. The first-order chi connectivity index (χ1) is 7.10. The third kappa shape index (κ3) is 2.84. The quantitative estimate of drug-likeness (QED) is 0.646. The van der Waals surface area contributed by atoms with Gasteiger partial charge in [-0.2, -0.15) is 0 Å². The number of hydrogen-bond acceptors (Lipinski definition) is 0. The maximum atomic E-state index is 2.41. The summed E-state index contributed by atoms with van der Waals surface area (Å²) in [5.41, 5.74) is 4.48. The van der Waals surface area contributed by atoms with Gasteiger partial charge in [-0.05, 0) is 48.3 Å². The van der Waals surface area contributed by atoms with Gasteiger partial charge in [0.1, 0.15) is 0 Å². The summed E-state index contributed by atoms with van der Waals surface area (Å²) in [5, 5.41) is 0. The van der Waals surface area contributed by atoms with Crippen LogP contribution in [0.3, 0.4) is 0 Å². The van der Waals surface area contributed by atoms with Crippen LogP contribution in [0.4, 0.5) is 0 Å². The van der Waals surface area contributed by atoms with Gasteiger partial charge in [-0.25, -0.2) is 0 Å². The van der Waals surface area contributed by atoms with Crippen LogP contribution in [0, 0.1) is 6.92 Å². The molecule has 0 aliphatic carbocycles. The zero-order valence-electron chi connectivity index (χ0n) is 10.8. The van der Waals surface area contributed by atoms with Crippen LogP contribution >= 0.6 is 0 Å². The van der Waals surface area contributed by atoms with Gasteiger partial charge in [0.2, 0.25) is 0 Å². The van der Waals surface area contributed by atoms with Gasteiger partial charge in [0.15, 0.2) is 0 Å². The molecule has 0 fully saturated rings. The van der Waals surface area contributed by atoms with Crippen molar-refractivity contribution in [2.24, 2.45) is 0 Å². The highest BCUT2D eigenvalue weighted by Gasteiger charge is 2.09. The first kappa shape index (κ1) is 12.3. The predicted octanol–water partition coefficient (Wildman–Crippen LogP) is 5.02. The molecule has 0 bridgehead atoms. The minimum absolute atomic E-state index is 0.688. The highest BCUT2D eigenvalue weighted by Crippen LogP contribution is 2.27. The summed E-state index contributed by atoms with van der Waals surface area (Å²) < 4.78 is 0. The van der Waals surface area contributed by atoms with Crippen molar-refractivity contribution in [3.8, 4) is 0 Å². The van der Waals surface area contributed by atoms with Gasteiger partial charge in [-0.15, -0.1) is 0 Å². The Bertz CT molecular complexity index is 312. The molecule has 1 aromatic carbocycles. The molecule has 0 aromatic heterocycles. The Kier molecular flexibility index (Phi) is 4.38. The van der Waals surface area contributed by atoms with Crippen LogP contribution in [0.15, 0.2) is 18.2 Å². The fourth-order valence-electron chi connectivity index (χ4n) is 1.95. The summed E-state index contributed by atoms with van der Waals surface area (Å²) in [6, 6.07) is 6.98. The van der Waals surface area contributed by atoms with Crippen LogP contribution in [0.1, 0.15) is 69.1 Å². The molecule has 1 aromatic rings. The number of rotatable bonds is 4.